The molecule has 0 aliphatic rings. The Bertz CT molecular complexity index is 222. The van der Waals surface area contributed by atoms with Crippen LogP contribution in [0.4, 0.5) is 0 Å². The van der Waals surface area contributed by atoms with Crippen LogP contribution in [0.5, 0.6) is 0 Å². The zero-order valence-corrected chi connectivity index (χ0v) is 9.88. The zero-order chi connectivity index (χ0) is 11.5. The van der Waals surface area contributed by atoms with Crippen molar-refractivity contribution in [1.29, 1.82) is 0 Å². The Hall–Kier alpha value is -1.12. The molecular formula is C12H22N2O. The van der Waals surface area contributed by atoms with E-state index < -0.39 is 0 Å². The number of nitrogens with zero attached hydrogens (tertiary/aromatic N) is 1. The summed E-state index contributed by atoms with van der Waals surface area (Å²) >= 11 is 0. The van der Waals surface area contributed by atoms with Crippen molar-refractivity contribution >= 4 is 12.6 Å². The number of carbonyl (C=O) groups is 1. The lowest BCUT2D eigenvalue weighted by molar-refractivity contribution is -0.120. The molecule has 0 saturated carbocycles. The minimum absolute atomic E-state index is 0.0400. The van der Waals surface area contributed by atoms with E-state index in [1.165, 1.54) is 0 Å². The van der Waals surface area contributed by atoms with Gasteiger partial charge >= 0.3 is 0 Å². The number of nitrogens with one attached hydrogen (secondary N) is 1. The second-order valence-electron chi connectivity index (χ2n) is 3.54. The minimum Gasteiger partial charge on any atom is -0.311 e. The van der Waals surface area contributed by atoms with E-state index >= 15 is 0 Å². The Morgan fingerprint density at radius 1 is 1.33 bits per heavy atom. The first-order chi connectivity index (χ1) is 7.24. The van der Waals surface area contributed by atoms with E-state index in [1.54, 1.807) is 0 Å². The molecule has 0 aliphatic carbocycles. The first kappa shape index (κ1) is 13.9. The molecule has 0 unspecified atom stereocenters. The SMILES string of the molecule is C=N/C(=C\CCC)NC(=O)CCCCC. The van der Waals surface area contributed by atoms with E-state index in [-0.39, 0.29) is 5.91 Å². The van der Waals surface area contributed by atoms with Crippen LogP contribution in [0.25, 0.3) is 0 Å². The Kier molecular flexibility index (Phi) is 8.73. The summed E-state index contributed by atoms with van der Waals surface area (Å²) in [7, 11) is 0. The molecule has 0 bridgehead atoms. The lowest BCUT2D eigenvalue weighted by atomic mass is 10.2. The predicted octanol–water partition coefficient (Wildman–Crippen LogP) is 3.03. The fourth-order valence-electron chi connectivity index (χ4n) is 1.18. The van der Waals surface area contributed by atoms with Crippen molar-refractivity contribution in [2.75, 3.05) is 0 Å². The highest BCUT2D eigenvalue weighted by molar-refractivity contribution is 5.77. The van der Waals surface area contributed by atoms with Crippen LogP contribution < -0.4 is 5.32 Å². The average molecular weight is 210 g/mol. The topological polar surface area (TPSA) is 41.5 Å². The number of rotatable bonds is 8. The van der Waals surface area contributed by atoms with Gasteiger partial charge in [0, 0.05) is 6.42 Å². The van der Waals surface area contributed by atoms with Gasteiger partial charge in [-0.05, 0) is 25.6 Å². The quantitative estimate of drug-likeness (QED) is 0.485. The molecule has 1 amide bonds. The molecule has 0 fully saturated rings. The normalized spacial score (nSPS) is 11.2. The van der Waals surface area contributed by atoms with E-state index in [0.29, 0.717) is 12.2 Å². The van der Waals surface area contributed by atoms with Gasteiger partial charge in [-0.2, -0.15) is 0 Å². The van der Waals surface area contributed by atoms with Crippen LogP contribution in [0.3, 0.4) is 0 Å². The molecule has 3 heteroatoms. The molecule has 0 saturated heterocycles. The van der Waals surface area contributed by atoms with Crippen LogP contribution in [-0.4, -0.2) is 12.6 Å². The maximum atomic E-state index is 11.4. The van der Waals surface area contributed by atoms with Crippen molar-refractivity contribution in [3.05, 3.63) is 11.9 Å². The van der Waals surface area contributed by atoms with E-state index in [1.807, 2.05) is 6.08 Å². The molecule has 0 aromatic heterocycles. The number of amides is 1. The maximum Gasteiger partial charge on any atom is 0.225 e. The first-order valence-corrected chi connectivity index (χ1v) is 5.71. The highest BCUT2D eigenvalue weighted by Crippen LogP contribution is 2.01. The fraction of sp³-hybridized carbons (Fsp3) is 0.667. The summed E-state index contributed by atoms with van der Waals surface area (Å²) in [5.41, 5.74) is 0. The van der Waals surface area contributed by atoms with Crippen LogP contribution in [0.1, 0.15) is 52.4 Å². The average Bonchev–Trinajstić information content (AvgIpc) is 2.24. The van der Waals surface area contributed by atoms with Crippen LogP contribution in [-0.2, 0) is 4.79 Å². The number of unbranched alkanes of at least 4 members (excludes halogenated alkanes) is 3. The van der Waals surface area contributed by atoms with Crippen molar-refractivity contribution in [2.45, 2.75) is 52.4 Å². The van der Waals surface area contributed by atoms with Crippen LogP contribution in [0.2, 0.25) is 0 Å². The predicted molar refractivity (Wildman–Crippen MR) is 64.8 cm³/mol. The minimum atomic E-state index is 0.0400. The summed E-state index contributed by atoms with van der Waals surface area (Å²) in [6.45, 7) is 7.63. The second-order valence-corrected chi connectivity index (χ2v) is 3.54. The Labute approximate surface area is 92.7 Å². The van der Waals surface area contributed by atoms with Crippen LogP contribution in [0.15, 0.2) is 16.9 Å². The van der Waals surface area contributed by atoms with Gasteiger partial charge < -0.3 is 5.32 Å². The molecule has 0 aromatic rings. The van der Waals surface area contributed by atoms with Gasteiger partial charge in [0.15, 0.2) is 0 Å². The smallest absolute Gasteiger partial charge is 0.225 e. The third-order valence-corrected chi connectivity index (χ3v) is 2.07. The molecule has 3 nitrogen and oxygen atoms in total. The number of hydrogen-bond donors (Lipinski definition) is 1. The zero-order valence-electron chi connectivity index (χ0n) is 9.88. The summed E-state index contributed by atoms with van der Waals surface area (Å²) in [5.74, 6) is 0.636. The molecule has 15 heavy (non-hydrogen) atoms. The van der Waals surface area contributed by atoms with E-state index in [9.17, 15) is 4.79 Å². The number of allylic oxidation sites excluding steroid dienone is 1. The lowest BCUT2D eigenvalue weighted by Crippen LogP contribution is -2.21. The molecule has 0 rings (SSSR count). The fourth-order valence-corrected chi connectivity index (χ4v) is 1.18. The third kappa shape index (κ3) is 7.91. The summed E-state index contributed by atoms with van der Waals surface area (Å²) in [5, 5.41) is 2.75. The first-order valence-electron chi connectivity index (χ1n) is 5.71. The van der Waals surface area contributed by atoms with Crippen LogP contribution in [0, 0.1) is 0 Å². The molecule has 0 spiro atoms. The van der Waals surface area contributed by atoms with E-state index in [0.717, 1.165) is 32.1 Å². The van der Waals surface area contributed by atoms with Gasteiger partial charge in [-0.25, -0.2) is 4.99 Å². The van der Waals surface area contributed by atoms with Gasteiger partial charge in [0.05, 0.1) is 0 Å². The highest BCUT2D eigenvalue weighted by atomic mass is 16.1. The molecule has 1 N–H and O–H groups in total. The number of aliphatic imine (C=N–C) groups is 1. The Morgan fingerprint density at radius 2 is 2.07 bits per heavy atom. The van der Waals surface area contributed by atoms with E-state index in [4.69, 9.17) is 0 Å². The summed E-state index contributed by atoms with van der Waals surface area (Å²) < 4.78 is 0. The summed E-state index contributed by atoms with van der Waals surface area (Å²) in [4.78, 5) is 15.2. The molecule has 0 radical (unpaired) electrons. The maximum absolute atomic E-state index is 11.4. The number of hydrogen-bond acceptors (Lipinski definition) is 2. The molecular weight excluding hydrogens is 188 g/mol. The lowest BCUT2D eigenvalue weighted by Gasteiger charge is -2.04. The monoisotopic (exact) mass is 210 g/mol. The van der Waals surface area contributed by atoms with Gasteiger partial charge in [-0.15, -0.1) is 0 Å². The molecule has 0 atom stereocenters. The Balaban J connectivity index is 3.85. The molecule has 86 valence electrons. The van der Waals surface area contributed by atoms with Gasteiger partial charge in [0.25, 0.3) is 0 Å². The standard InChI is InChI=1S/C12H22N2O/c1-4-6-8-10-12(15)14-11(13-3)9-7-5-2/h9H,3-8,10H2,1-2H3,(H,14,15)/b11-9+. The van der Waals surface area contributed by atoms with Gasteiger partial charge in [0.2, 0.25) is 5.91 Å². The van der Waals surface area contributed by atoms with Crippen molar-refractivity contribution in [2.24, 2.45) is 4.99 Å². The van der Waals surface area contributed by atoms with Gasteiger partial charge in [0.1, 0.15) is 5.82 Å². The third-order valence-electron chi connectivity index (χ3n) is 2.07. The van der Waals surface area contributed by atoms with Crippen molar-refractivity contribution < 1.29 is 4.79 Å². The largest absolute Gasteiger partial charge is 0.311 e. The highest BCUT2D eigenvalue weighted by Gasteiger charge is 2.01. The molecule has 0 heterocycles. The molecule has 0 aliphatic heterocycles. The van der Waals surface area contributed by atoms with E-state index in [2.05, 4.69) is 30.9 Å². The summed E-state index contributed by atoms with van der Waals surface area (Å²) in [6.07, 6.45) is 7.63. The van der Waals surface area contributed by atoms with Crippen molar-refractivity contribution in [1.82, 2.24) is 5.32 Å². The van der Waals surface area contributed by atoms with Gasteiger partial charge in [-0.3, -0.25) is 4.79 Å². The summed E-state index contributed by atoms with van der Waals surface area (Å²) in [6, 6.07) is 0. The van der Waals surface area contributed by atoms with Gasteiger partial charge in [-0.1, -0.05) is 33.1 Å². The van der Waals surface area contributed by atoms with Crippen molar-refractivity contribution in [3.8, 4) is 0 Å². The second kappa shape index (κ2) is 9.44. The molecule has 0 aromatic carbocycles. The van der Waals surface area contributed by atoms with Crippen LogP contribution >= 0.6 is 0 Å². The number of carbonyl (C=O) groups excluding carboxylic acids is 1. The van der Waals surface area contributed by atoms with Crippen molar-refractivity contribution in [3.63, 3.8) is 0 Å². The Morgan fingerprint density at radius 3 is 2.60 bits per heavy atom.